The largest absolute Gasteiger partial charge is 0.382 e. The van der Waals surface area contributed by atoms with Crippen LogP contribution in [0.4, 0.5) is 0 Å². The number of hydrogen-bond acceptors (Lipinski definition) is 4. The second-order valence-corrected chi connectivity index (χ2v) is 9.48. The Kier molecular flexibility index (Phi) is 10.7. The lowest BCUT2D eigenvalue weighted by molar-refractivity contribution is 0.128. The number of ether oxygens (including phenoxy) is 1. The molecule has 2 aliphatic rings. The van der Waals surface area contributed by atoms with E-state index in [4.69, 9.17) is 4.74 Å². The fourth-order valence-electron chi connectivity index (χ4n) is 4.04. The molecule has 2 N–H and O–H groups in total. The van der Waals surface area contributed by atoms with Crippen LogP contribution < -0.4 is 10.6 Å². The van der Waals surface area contributed by atoms with E-state index in [2.05, 4.69) is 51.9 Å². The molecule has 1 aliphatic carbocycles. The molecule has 1 aliphatic heterocycles. The molecule has 7 heteroatoms. The van der Waals surface area contributed by atoms with Crippen LogP contribution in [-0.4, -0.2) is 57.3 Å². The average molecular weight is 535 g/mol. The molecule has 1 atom stereocenters. The zero-order valence-corrected chi connectivity index (χ0v) is 21.4. The first-order valence-corrected chi connectivity index (χ1v) is 11.8. The van der Waals surface area contributed by atoms with E-state index in [1.165, 1.54) is 43.6 Å². The molecule has 1 saturated carbocycles. The Balaban J connectivity index is 0.00000300. The number of likely N-dealkylation sites (tertiary alicyclic amines) is 1. The van der Waals surface area contributed by atoms with Crippen molar-refractivity contribution >= 4 is 41.3 Å². The third kappa shape index (κ3) is 7.67. The maximum Gasteiger partial charge on any atom is 0.191 e. The van der Waals surface area contributed by atoms with Gasteiger partial charge in [0.1, 0.15) is 0 Å². The molecule has 0 radical (unpaired) electrons. The number of nitrogens with one attached hydrogen (secondary N) is 2. The van der Waals surface area contributed by atoms with E-state index in [9.17, 15) is 0 Å². The predicted molar refractivity (Wildman–Crippen MR) is 135 cm³/mol. The second kappa shape index (κ2) is 12.5. The Morgan fingerprint density at radius 3 is 2.69 bits per heavy atom. The summed E-state index contributed by atoms with van der Waals surface area (Å²) >= 11 is 1.87. The summed E-state index contributed by atoms with van der Waals surface area (Å²) in [6.07, 6.45) is 6.35. The van der Waals surface area contributed by atoms with Gasteiger partial charge in [0.05, 0.1) is 6.04 Å². The molecule has 166 valence electrons. The van der Waals surface area contributed by atoms with Gasteiger partial charge in [-0.2, -0.15) is 0 Å². The summed E-state index contributed by atoms with van der Waals surface area (Å²) in [5, 5.41) is 9.38. The third-order valence-electron chi connectivity index (χ3n) is 6.39. The summed E-state index contributed by atoms with van der Waals surface area (Å²) in [6.45, 7) is 10.4. The van der Waals surface area contributed by atoms with Crippen LogP contribution >= 0.6 is 35.3 Å². The van der Waals surface area contributed by atoms with Gasteiger partial charge in [-0.3, -0.25) is 9.89 Å². The minimum absolute atomic E-state index is 0. The Morgan fingerprint density at radius 1 is 1.34 bits per heavy atom. The van der Waals surface area contributed by atoms with Crippen molar-refractivity contribution in [3.05, 3.63) is 22.4 Å². The first-order chi connectivity index (χ1) is 13.7. The Bertz CT molecular complexity index is 598. The van der Waals surface area contributed by atoms with Gasteiger partial charge in [0.15, 0.2) is 5.96 Å². The van der Waals surface area contributed by atoms with Gasteiger partial charge in [-0.1, -0.05) is 13.0 Å². The lowest BCUT2D eigenvalue weighted by Gasteiger charge is -2.36. The molecule has 0 amide bonds. The quantitative estimate of drug-likeness (QED) is 0.201. The summed E-state index contributed by atoms with van der Waals surface area (Å²) in [7, 11) is 1.87. The molecule has 0 aromatic carbocycles. The molecule has 1 aromatic heterocycles. The molecule has 5 nitrogen and oxygen atoms in total. The smallest absolute Gasteiger partial charge is 0.191 e. The molecule has 2 fully saturated rings. The minimum atomic E-state index is 0. The number of piperidine rings is 1. The number of rotatable bonds is 10. The molecule has 0 spiro atoms. The van der Waals surface area contributed by atoms with Crippen LogP contribution in [0.1, 0.15) is 56.9 Å². The molecule has 1 aromatic rings. The summed E-state index contributed by atoms with van der Waals surface area (Å²) in [5.74, 6) is 1.78. The molecule has 2 heterocycles. The number of nitrogens with zero attached hydrogens (tertiary/aromatic N) is 2. The van der Waals surface area contributed by atoms with Gasteiger partial charge in [0, 0.05) is 38.2 Å². The van der Waals surface area contributed by atoms with Gasteiger partial charge < -0.3 is 15.4 Å². The maximum absolute atomic E-state index is 5.56. The molecular formula is C22H39IN4OS. The highest BCUT2D eigenvalue weighted by Gasteiger charge is 2.42. The van der Waals surface area contributed by atoms with Crippen molar-refractivity contribution in [3.8, 4) is 0 Å². The topological polar surface area (TPSA) is 48.9 Å². The van der Waals surface area contributed by atoms with E-state index in [0.29, 0.717) is 11.5 Å². The van der Waals surface area contributed by atoms with Crippen LogP contribution in [0.15, 0.2) is 22.5 Å². The van der Waals surface area contributed by atoms with Crippen molar-refractivity contribution in [3.63, 3.8) is 0 Å². The third-order valence-corrected chi connectivity index (χ3v) is 7.36. The highest BCUT2D eigenvalue weighted by atomic mass is 127. The predicted octanol–water partition coefficient (Wildman–Crippen LogP) is 4.51. The lowest BCUT2D eigenvalue weighted by atomic mass is 9.97. The van der Waals surface area contributed by atoms with Gasteiger partial charge in [-0.05, 0) is 74.9 Å². The first kappa shape index (κ1) is 24.9. The van der Waals surface area contributed by atoms with Crippen LogP contribution in [0.2, 0.25) is 0 Å². The Hall–Kier alpha value is -0.380. The highest BCUT2D eigenvalue weighted by Crippen LogP contribution is 2.48. The van der Waals surface area contributed by atoms with Crippen molar-refractivity contribution in [2.75, 3.05) is 46.4 Å². The van der Waals surface area contributed by atoms with Crippen molar-refractivity contribution in [1.29, 1.82) is 0 Å². The van der Waals surface area contributed by atoms with E-state index >= 15 is 0 Å². The lowest BCUT2D eigenvalue weighted by Crippen LogP contribution is -2.46. The number of hydrogen-bond donors (Lipinski definition) is 2. The summed E-state index contributed by atoms with van der Waals surface area (Å²) in [5.41, 5.74) is 0.420. The standard InChI is InChI=1S/C22H38N4OS.HI/c1-4-27-14-11-22(9-10-22)17-25-21(23-3)24-16-19(20-6-5-15-28-20)26-12-7-18(2)8-13-26;/h5-6,15,18-19H,4,7-14,16-17H2,1-3H3,(H2,23,24,25);1H. The van der Waals surface area contributed by atoms with Crippen LogP contribution in [-0.2, 0) is 4.74 Å². The van der Waals surface area contributed by atoms with Gasteiger partial charge in [0.2, 0.25) is 0 Å². The zero-order chi connectivity index (χ0) is 19.8. The number of halogens is 1. The average Bonchev–Trinajstić information content (AvgIpc) is 3.26. The van der Waals surface area contributed by atoms with Crippen molar-refractivity contribution < 1.29 is 4.74 Å². The summed E-state index contributed by atoms with van der Waals surface area (Å²) in [6, 6.07) is 4.87. The van der Waals surface area contributed by atoms with Crippen molar-refractivity contribution in [2.24, 2.45) is 16.3 Å². The van der Waals surface area contributed by atoms with Crippen LogP contribution in [0.5, 0.6) is 0 Å². The Labute approximate surface area is 198 Å². The maximum atomic E-state index is 5.56. The fourth-order valence-corrected chi connectivity index (χ4v) is 4.90. The molecule has 3 rings (SSSR count). The molecule has 1 unspecified atom stereocenters. The van der Waals surface area contributed by atoms with Gasteiger partial charge in [0.25, 0.3) is 0 Å². The summed E-state index contributed by atoms with van der Waals surface area (Å²) in [4.78, 5) is 8.58. The van der Waals surface area contributed by atoms with Crippen LogP contribution in [0.25, 0.3) is 0 Å². The minimum Gasteiger partial charge on any atom is -0.382 e. The summed E-state index contributed by atoms with van der Waals surface area (Å²) < 4.78 is 5.56. The SMILES string of the molecule is CCOCCC1(CNC(=NC)NCC(c2cccs2)N2CCC(C)CC2)CC1.I. The van der Waals surface area contributed by atoms with E-state index in [-0.39, 0.29) is 24.0 Å². The Morgan fingerprint density at radius 2 is 2.10 bits per heavy atom. The van der Waals surface area contributed by atoms with Crippen molar-refractivity contribution in [2.45, 2.75) is 52.0 Å². The normalized spacial score (nSPS) is 20.7. The molecule has 29 heavy (non-hydrogen) atoms. The number of guanidine groups is 1. The monoisotopic (exact) mass is 534 g/mol. The first-order valence-electron chi connectivity index (χ1n) is 11.0. The van der Waals surface area contributed by atoms with Gasteiger partial charge in [-0.25, -0.2) is 0 Å². The van der Waals surface area contributed by atoms with Crippen LogP contribution in [0.3, 0.4) is 0 Å². The molecule has 1 saturated heterocycles. The van der Waals surface area contributed by atoms with Gasteiger partial charge >= 0.3 is 0 Å². The number of aliphatic imine (C=N–C) groups is 1. The van der Waals surface area contributed by atoms with E-state index in [1.807, 2.05) is 18.4 Å². The fraction of sp³-hybridized carbons (Fsp3) is 0.773. The van der Waals surface area contributed by atoms with E-state index in [1.54, 1.807) is 0 Å². The molecular weight excluding hydrogens is 495 g/mol. The zero-order valence-electron chi connectivity index (χ0n) is 18.3. The van der Waals surface area contributed by atoms with Crippen LogP contribution in [0, 0.1) is 11.3 Å². The molecule has 0 bridgehead atoms. The number of thiophene rings is 1. The highest BCUT2D eigenvalue weighted by molar-refractivity contribution is 14.0. The van der Waals surface area contributed by atoms with Crippen molar-refractivity contribution in [1.82, 2.24) is 15.5 Å². The van der Waals surface area contributed by atoms with E-state index < -0.39 is 0 Å². The van der Waals surface area contributed by atoms with E-state index in [0.717, 1.165) is 44.6 Å². The van der Waals surface area contributed by atoms with Gasteiger partial charge in [-0.15, -0.1) is 35.3 Å². The second-order valence-electron chi connectivity index (χ2n) is 8.50.